The Morgan fingerprint density at radius 3 is 2.50 bits per heavy atom. The fraction of sp³-hybridized carbons (Fsp3) is 0.0455. The zero-order chi connectivity index (χ0) is 20.8. The summed E-state index contributed by atoms with van der Waals surface area (Å²) in [6.45, 7) is 0. The number of H-pyrrole nitrogens is 1. The van der Waals surface area contributed by atoms with Crippen LogP contribution < -0.4 is 14.5 Å². The van der Waals surface area contributed by atoms with Gasteiger partial charge in [-0.15, -0.1) is 0 Å². The smallest absolute Gasteiger partial charge is 0.390 e. The molecule has 0 saturated carbocycles. The van der Waals surface area contributed by atoms with Crippen LogP contribution in [0.5, 0.6) is 0 Å². The van der Waals surface area contributed by atoms with E-state index < -0.39 is 5.90 Å². The van der Waals surface area contributed by atoms with E-state index in [1.807, 2.05) is 42.7 Å². The molecule has 3 aromatic heterocycles. The van der Waals surface area contributed by atoms with Gasteiger partial charge in [-0.25, -0.2) is 9.36 Å². The molecule has 148 valence electrons. The second-order valence-corrected chi connectivity index (χ2v) is 7.40. The normalized spacial score (nSPS) is 11.8. The minimum absolute atomic E-state index is 0.215. The van der Waals surface area contributed by atoms with Crippen molar-refractivity contribution in [1.29, 1.82) is 0 Å². The van der Waals surface area contributed by atoms with E-state index in [0.29, 0.717) is 16.3 Å². The van der Waals surface area contributed by atoms with E-state index in [9.17, 15) is 9.90 Å². The summed E-state index contributed by atoms with van der Waals surface area (Å²) in [6.07, 6.45) is 9.02. The van der Waals surface area contributed by atoms with Crippen molar-refractivity contribution in [2.45, 2.75) is 6.42 Å². The maximum atomic E-state index is 12.0. The molecule has 8 heteroatoms. The van der Waals surface area contributed by atoms with Crippen LogP contribution in [0, 0.1) is 0 Å². The van der Waals surface area contributed by atoms with Crippen LogP contribution in [0.3, 0.4) is 0 Å². The molecule has 0 aliphatic carbocycles. The SMILES string of the molecule is O=c1[nH]c(-[n+]2ccc(Cc3ccccc3)cc2)c(/C=N/N=C(/[O-])c2ccncc2)s1. The zero-order valence-electron chi connectivity index (χ0n) is 15.8. The van der Waals surface area contributed by atoms with Crippen molar-refractivity contribution in [1.82, 2.24) is 9.97 Å². The van der Waals surface area contributed by atoms with Crippen LogP contribution in [-0.2, 0) is 6.42 Å². The Balaban J connectivity index is 1.54. The van der Waals surface area contributed by atoms with Gasteiger partial charge in [-0.05, 0) is 58.7 Å². The number of hydrogen-bond acceptors (Lipinski definition) is 6. The first kappa shape index (κ1) is 19.4. The van der Waals surface area contributed by atoms with Crippen LogP contribution in [-0.4, -0.2) is 22.1 Å². The number of nitrogens with one attached hydrogen (secondary N) is 1. The van der Waals surface area contributed by atoms with Crippen LogP contribution in [0.25, 0.3) is 5.82 Å². The molecule has 0 aliphatic heterocycles. The number of aromatic nitrogens is 3. The summed E-state index contributed by atoms with van der Waals surface area (Å²) in [5, 5.41) is 19.5. The van der Waals surface area contributed by atoms with Crippen molar-refractivity contribution in [2.24, 2.45) is 10.2 Å². The molecule has 4 rings (SSSR count). The molecule has 0 aliphatic rings. The fourth-order valence-corrected chi connectivity index (χ4v) is 3.55. The molecular formula is C22H17N5O2S. The maximum Gasteiger partial charge on any atom is 0.390 e. The third-order valence-electron chi connectivity index (χ3n) is 4.32. The Labute approximate surface area is 176 Å². The Bertz CT molecular complexity index is 1230. The molecule has 0 saturated heterocycles. The number of benzene rings is 1. The number of hydrogen-bond donors (Lipinski definition) is 1. The molecule has 3 heterocycles. The van der Waals surface area contributed by atoms with Gasteiger partial charge in [-0.1, -0.05) is 30.3 Å². The lowest BCUT2D eigenvalue weighted by Gasteiger charge is -2.06. The van der Waals surface area contributed by atoms with Gasteiger partial charge in [0.15, 0.2) is 0 Å². The molecule has 0 amide bonds. The van der Waals surface area contributed by atoms with Gasteiger partial charge >= 0.3 is 10.7 Å². The molecule has 30 heavy (non-hydrogen) atoms. The number of nitrogens with zero attached hydrogens (tertiary/aromatic N) is 4. The van der Waals surface area contributed by atoms with Crippen molar-refractivity contribution < 1.29 is 9.67 Å². The number of pyridine rings is 2. The van der Waals surface area contributed by atoms with Gasteiger partial charge < -0.3 is 5.11 Å². The lowest BCUT2D eigenvalue weighted by atomic mass is 10.1. The quantitative estimate of drug-likeness (QED) is 0.225. The predicted octanol–water partition coefficient (Wildman–Crippen LogP) is 1.84. The minimum Gasteiger partial charge on any atom is -0.857 e. The standard InChI is InChI=1S/C22H17N5O2S/c28-21(18-6-10-23-11-7-18)26-24-15-19-20(25-22(29)30-19)27-12-8-17(9-13-27)14-16-4-2-1-3-5-16/h1-13,15H,14H2,(H-,23,24,25,26,28,29). The first-order valence-electron chi connectivity index (χ1n) is 9.15. The summed E-state index contributed by atoms with van der Waals surface area (Å²) >= 11 is 1.00. The summed E-state index contributed by atoms with van der Waals surface area (Å²) in [5.41, 5.74) is 2.78. The van der Waals surface area contributed by atoms with Crippen LogP contribution in [0.1, 0.15) is 21.6 Å². The molecule has 1 aromatic carbocycles. The minimum atomic E-state index is -0.476. The molecule has 0 atom stereocenters. The molecule has 4 aromatic rings. The molecule has 0 spiro atoms. The number of rotatable bonds is 6. The maximum absolute atomic E-state index is 12.0. The van der Waals surface area contributed by atoms with Crippen LogP contribution in [0.15, 0.2) is 94.4 Å². The van der Waals surface area contributed by atoms with E-state index in [0.717, 1.165) is 23.3 Å². The predicted molar refractivity (Wildman–Crippen MR) is 114 cm³/mol. The van der Waals surface area contributed by atoms with E-state index in [1.165, 1.54) is 24.2 Å². The van der Waals surface area contributed by atoms with Gasteiger partial charge in [0.05, 0.1) is 18.6 Å². The highest BCUT2D eigenvalue weighted by Crippen LogP contribution is 2.10. The monoisotopic (exact) mass is 415 g/mol. The van der Waals surface area contributed by atoms with Crippen molar-refractivity contribution in [3.8, 4) is 5.82 Å². The highest BCUT2D eigenvalue weighted by molar-refractivity contribution is 7.11. The Morgan fingerprint density at radius 2 is 1.77 bits per heavy atom. The molecule has 0 unspecified atom stereocenters. The molecular weight excluding hydrogens is 398 g/mol. The van der Waals surface area contributed by atoms with Crippen LogP contribution in [0.2, 0.25) is 0 Å². The lowest BCUT2D eigenvalue weighted by molar-refractivity contribution is -0.599. The van der Waals surface area contributed by atoms with Gasteiger partial charge in [-0.2, -0.15) is 15.2 Å². The van der Waals surface area contributed by atoms with E-state index >= 15 is 0 Å². The molecule has 0 fully saturated rings. The van der Waals surface area contributed by atoms with Crippen molar-refractivity contribution >= 4 is 23.4 Å². The Hall–Kier alpha value is -3.91. The fourth-order valence-electron chi connectivity index (χ4n) is 2.85. The van der Waals surface area contributed by atoms with Crippen LogP contribution >= 0.6 is 11.3 Å². The highest BCUT2D eigenvalue weighted by atomic mass is 32.1. The van der Waals surface area contributed by atoms with Gasteiger partial charge in [0.25, 0.3) is 0 Å². The third-order valence-corrected chi connectivity index (χ3v) is 5.12. The van der Waals surface area contributed by atoms with Crippen LogP contribution in [0.4, 0.5) is 0 Å². The average Bonchev–Trinajstić information content (AvgIpc) is 3.16. The molecule has 1 N–H and O–H groups in total. The summed E-state index contributed by atoms with van der Waals surface area (Å²) < 4.78 is 1.80. The van der Waals surface area contributed by atoms with Gasteiger partial charge in [-0.3, -0.25) is 4.98 Å². The van der Waals surface area contributed by atoms with Crippen molar-refractivity contribution in [3.05, 3.63) is 111 Å². The number of aromatic amines is 1. The van der Waals surface area contributed by atoms with Gasteiger partial charge in [0.2, 0.25) is 0 Å². The van der Waals surface area contributed by atoms with Crippen molar-refractivity contribution in [3.63, 3.8) is 0 Å². The van der Waals surface area contributed by atoms with E-state index in [2.05, 4.69) is 32.3 Å². The Morgan fingerprint density at radius 1 is 1.07 bits per heavy atom. The average molecular weight is 415 g/mol. The van der Waals surface area contributed by atoms with Gasteiger partial charge in [0, 0.05) is 18.3 Å². The van der Waals surface area contributed by atoms with E-state index in [1.54, 1.807) is 16.7 Å². The topological polar surface area (TPSA) is 97.4 Å². The zero-order valence-corrected chi connectivity index (χ0v) is 16.6. The summed E-state index contributed by atoms with van der Waals surface area (Å²) in [4.78, 5) is 18.9. The summed E-state index contributed by atoms with van der Waals surface area (Å²) in [6, 6.07) is 17.3. The first-order valence-corrected chi connectivity index (χ1v) is 9.97. The Kier molecular flexibility index (Phi) is 5.86. The number of thiazole rings is 1. The van der Waals surface area contributed by atoms with Gasteiger partial charge in [0.1, 0.15) is 4.88 Å². The second kappa shape index (κ2) is 9.06. The first-order chi connectivity index (χ1) is 14.7. The lowest BCUT2D eigenvalue weighted by Crippen LogP contribution is -2.32. The molecule has 7 nitrogen and oxygen atoms in total. The summed E-state index contributed by atoms with van der Waals surface area (Å²) in [7, 11) is 0. The second-order valence-electron chi connectivity index (χ2n) is 6.39. The largest absolute Gasteiger partial charge is 0.857 e. The molecule has 0 bridgehead atoms. The van der Waals surface area contributed by atoms with E-state index in [-0.39, 0.29) is 4.87 Å². The third kappa shape index (κ3) is 4.73. The highest BCUT2D eigenvalue weighted by Gasteiger charge is 2.16. The van der Waals surface area contributed by atoms with E-state index in [4.69, 9.17) is 0 Å². The van der Waals surface area contributed by atoms with Crippen molar-refractivity contribution in [2.75, 3.05) is 0 Å². The molecule has 0 radical (unpaired) electrons. The summed E-state index contributed by atoms with van der Waals surface area (Å²) in [5.74, 6) is 0.0996.